The van der Waals surface area contributed by atoms with Crippen LogP contribution in [0.5, 0.6) is 0 Å². The van der Waals surface area contributed by atoms with E-state index in [2.05, 4.69) is 5.32 Å². The van der Waals surface area contributed by atoms with Crippen molar-refractivity contribution in [2.45, 2.75) is 25.7 Å². The number of ether oxygens (including phenoxy) is 1. The number of nitrogens with one attached hydrogen (secondary N) is 1. The topological polar surface area (TPSA) is 58.6 Å². The summed E-state index contributed by atoms with van der Waals surface area (Å²) in [5.74, 6) is -0.534. The minimum Gasteiger partial charge on any atom is -0.381 e. The van der Waals surface area contributed by atoms with Gasteiger partial charge in [0.25, 0.3) is 0 Å². The molecule has 0 saturated carbocycles. The summed E-state index contributed by atoms with van der Waals surface area (Å²) in [5.41, 5.74) is 0.211. The predicted octanol–water partition coefficient (Wildman–Crippen LogP) is 2.43. The second-order valence-corrected chi connectivity index (χ2v) is 6.46. The Morgan fingerprint density at radius 3 is 2.38 bits per heavy atom. The van der Waals surface area contributed by atoms with Gasteiger partial charge in [0.2, 0.25) is 11.8 Å². The highest BCUT2D eigenvalue weighted by Crippen LogP contribution is 2.24. The van der Waals surface area contributed by atoms with Crippen molar-refractivity contribution < 1.29 is 18.7 Å². The average Bonchev–Trinajstić information content (AvgIpc) is 2.64. The van der Waals surface area contributed by atoms with Gasteiger partial charge in [-0.3, -0.25) is 9.59 Å². The van der Waals surface area contributed by atoms with Crippen LogP contribution in [0.4, 0.5) is 10.1 Å². The molecule has 0 spiro atoms. The average molecular weight is 334 g/mol. The van der Waals surface area contributed by atoms with Gasteiger partial charge < -0.3 is 15.0 Å². The summed E-state index contributed by atoms with van der Waals surface area (Å²) in [4.78, 5) is 26.6. The van der Waals surface area contributed by atoms with Crippen molar-refractivity contribution in [3.05, 3.63) is 30.1 Å². The Labute approximate surface area is 141 Å². The maximum Gasteiger partial charge on any atom is 0.227 e. The highest BCUT2D eigenvalue weighted by Gasteiger charge is 2.31. The van der Waals surface area contributed by atoms with Crippen molar-refractivity contribution >= 4 is 17.5 Å². The van der Waals surface area contributed by atoms with Gasteiger partial charge in [-0.25, -0.2) is 4.39 Å². The third kappa shape index (κ3) is 3.93. The molecule has 0 bridgehead atoms. The molecule has 5 nitrogen and oxygen atoms in total. The molecule has 24 heavy (non-hydrogen) atoms. The molecule has 2 aliphatic heterocycles. The van der Waals surface area contributed by atoms with Gasteiger partial charge in [-0.15, -0.1) is 0 Å². The molecule has 0 atom stereocenters. The smallest absolute Gasteiger partial charge is 0.227 e. The number of para-hydroxylation sites is 1. The Morgan fingerprint density at radius 2 is 1.71 bits per heavy atom. The monoisotopic (exact) mass is 334 g/mol. The number of hydrogen-bond donors (Lipinski definition) is 1. The maximum atomic E-state index is 13.6. The quantitative estimate of drug-likeness (QED) is 0.924. The molecule has 2 fully saturated rings. The number of piperidine rings is 1. The van der Waals surface area contributed by atoms with Crippen LogP contribution in [-0.2, 0) is 14.3 Å². The Kier molecular flexibility index (Phi) is 5.45. The Balaban J connectivity index is 1.50. The van der Waals surface area contributed by atoms with Crippen LogP contribution in [0.1, 0.15) is 25.7 Å². The minimum atomic E-state index is -0.432. The van der Waals surface area contributed by atoms with E-state index in [1.807, 2.05) is 4.90 Å². The van der Waals surface area contributed by atoms with Crippen LogP contribution < -0.4 is 5.32 Å². The lowest BCUT2D eigenvalue weighted by Crippen LogP contribution is -2.45. The number of rotatable bonds is 3. The molecule has 1 aromatic carbocycles. The summed E-state index contributed by atoms with van der Waals surface area (Å²) >= 11 is 0. The fraction of sp³-hybridized carbons (Fsp3) is 0.556. The second-order valence-electron chi connectivity index (χ2n) is 6.46. The zero-order valence-electron chi connectivity index (χ0n) is 13.7. The highest BCUT2D eigenvalue weighted by atomic mass is 19.1. The lowest BCUT2D eigenvalue weighted by atomic mass is 9.93. The van der Waals surface area contributed by atoms with Crippen LogP contribution in [-0.4, -0.2) is 43.0 Å². The number of hydrogen-bond acceptors (Lipinski definition) is 3. The fourth-order valence-corrected chi connectivity index (χ4v) is 3.36. The molecular weight excluding hydrogens is 311 g/mol. The fourth-order valence-electron chi connectivity index (χ4n) is 3.36. The third-order valence-electron chi connectivity index (χ3n) is 4.88. The SMILES string of the molecule is O=C(Nc1ccccc1F)C1CCN(C(=O)C2CCOCC2)CC1. The highest BCUT2D eigenvalue weighted by molar-refractivity contribution is 5.92. The van der Waals surface area contributed by atoms with Gasteiger partial charge >= 0.3 is 0 Å². The third-order valence-corrected chi connectivity index (χ3v) is 4.88. The van der Waals surface area contributed by atoms with Gasteiger partial charge in [-0.2, -0.15) is 0 Å². The van der Waals surface area contributed by atoms with Crippen molar-refractivity contribution in [2.24, 2.45) is 11.8 Å². The molecule has 2 aliphatic rings. The van der Waals surface area contributed by atoms with Crippen LogP contribution in [0, 0.1) is 17.7 Å². The molecule has 1 N–H and O–H groups in total. The summed E-state index contributed by atoms with van der Waals surface area (Å²) in [6.45, 7) is 2.48. The molecule has 6 heteroatoms. The summed E-state index contributed by atoms with van der Waals surface area (Å²) in [6, 6.07) is 6.15. The minimum absolute atomic E-state index is 0.0579. The van der Waals surface area contributed by atoms with E-state index in [9.17, 15) is 14.0 Å². The van der Waals surface area contributed by atoms with Crippen molar-refractivity contribution in [1.82, 2.24) is 4.90 Å². The van der Waals surface area contributed by atoms with Crippen molar-refractivity contribution in [3.63, 3.8) is 0 Å². The molecule has 2 heterocycles. The van der Waals surface area contributed by atoms with E-state index in [0.717, 1.165) is 12.8 Å². The summed E-state index contributed by atoms with van der Waals surface area (Å²) in [5, 5.41) is 2.65. The van der Waals surface area contributed by atoms with Gasteiger partial charge in [0.05, 0.1) is 5.69 Å². The number of amides is 2. The molecule has 2 saturated heterocycles. The maximum absolute atomic E-state index is 13.6. The van der Waals surface area contributed by atoms with Crippen molar-refractivity contribution in [1.29, 1.82) is 0 Å². The van der Waals surface area contributed by atoms with Crippen LogP contribution in [0.15, 0.2) is 24.3 Å². The Bertz CT molecular complexity index is 594. The lowest BCUT2D eigenvalue weighted by Gasteiger charge is -2.34. The number of benzene rings is 1. The lowest BCUT2D eigenvalue weighted by molar-refractivity contribution is -0.141. The zero-order valence-corrected chi connectivity index (χ0v) is 13.7. The van der Waals surface area contributed by atoms with E-state index in [4.69, 9.17) is 4.74 Å². The second kappa shape index (κ2) is 7.75. The van der Waals surface area contributed by atoms with Crippen molar-refractivity contribution in [2.75, 3.05) is 31.6 Å². The summed E-state index contributed by atoms with van der Waals surface area (Å²) < 4.78 is 18.9. The standard InChI is InChI=1S/C18H23FN2O3/c19-15-3-1-2-4-16(15)20-17(22)13-5-9-21(10-6-13)18(23)14-7-11-24-12-8-14/h1-4,13-14H,5-12H2,(H,20,22). The number of carbonyl (C=O) groups is 2. The Morgan fingerprint density at radius 1 is 1.04 bits per heavy atom. The number of anilines is 1. The first kappa shape index (κ1) is 16.9. The van der Waals surface area contributed by atoms with E-state index in [0.29, 0.717) is 39.1 Å². The number of likely N-dealkylation sites (tertiary alicyclic amines) is 1. The van der Waals surface area contributed by atoms with Crippen LogP contribution >= 0.6 is 0 Å². The Hall–Kier alpha value is -1.95. The largest absolute Gasteiger partial charge is 0.381 e. The van der Waals surface area contributed by atoms with Crippen LogP contribution in [0.25, 0.3) is 0 Å². The van der Waals surface area contributed by atoms with E-state index in [-0.39, 0.29) is 29.3 Å². The van der Waals surface area contributed by atoms with E-state index in [1.54, 1.807) is 18.2 Å². The summed E-state index contributed by atoms with van der Waals surface area (Å²) in [6.07, 6.45) is 2.81. The first-order chi connectivity index (χ1) is 11.6. The van der Waals surface area contributed by atoms with Gasteiger partial charge in [0.15, 0.2) is 0 Å². The van der Waals surface area contributed by atoms with E-state index >= 15 is 0 Å². The molecule has 0 unspecified atom stereocenters. The van der Waals surface area contributed by atoms with Crippen LogP contribution in [0.2, 0.25) is 0 Å². The molecular formula is C18H23FN2O3. The van der Waals surface area contributed by atoms with E-state index in [1.165, 1.54) is 6.07 Å². The molecule has 3 rings (SSSR count). The van der Waals surface area contributed by atoms with Crippen molar-refractivity contribution in [3.8, 4) is 0 Å². The van der Waals surface area contributed by atoms with Gasteiger partial charge in [-0.05, 0) is 37.8 Å². The molecule has 2 amide bonds. The van der Waals surface area contributed by atoms with Gasteiger partial charge in [-0.1, -0.05) is 12.1 Å². The molecule has 130 valence electrons. The molecule has 0 radical (unpaired) electrons. The first-order valence-electron chi connectivity index (χ1n) is 8.57. The zero-order chi connectivity index (χ0) is 16.9. The van der Waals surface area contributed by atoms with Gasteiger partial charge in [0.1, 0.15) is 5.82 Å². The number of nitrogens with zero attached hydrogens (tertiary/aromatic N) is 1. The van der Waals surface area contributed by atoms with Crippen LogP contribution in [0.3, 0.4) is 0 Å². The number of carbonyl (C=O) groups excluding carboxylic acids is 2. The molecule has 0 aromatic heterocycles. The molecule has 1 aromatic rings. The van der Waals surface area contributed by atoms with Gasteiger partial charge in [0, 0.05) is 38.1 Å². The number of halogens is 1. The molecule has 0 aliphatic carbocycles. The van der Waals surface area contributed by atoms with E-state index < -0.39 is 5.82 Å². The predicted molar refractivity (Wildman–Crippen MR) is 87.9 cm³/mol. The normalized spacial score (nSPS) is 20.0. The first-order valence-corrected chi connectivity index (χ1v) is 8.57. The summed E-state index contributed by atoms with van der Waals surface area (Å²) in [7, 11) is 0.